The number of carbonyl (C=O) groups excluding carboxylic acids is 2. The summed E-state index contributed by atoms with van der Waals surface area (Å²) in [5.41, 5.74) is 0. The summed E-state index contributed by atoms with van der Waals surface area (Å²) < 4.78 is 15.7. The average Bonchev–Trinajstić information content (AvgIpc) is 2.54. The molecule has 0 radical (unpaired) electrons. The molecule has 4 N–H and O–H groups in total. The third-order valence-electron chi connectivity index (χ3n) is 3.80. The van der Waals surface area contributed by atoms with E-state index in [-0.39, 0.29) is 44.3 Å². The fourth-order valence-corrected chi connectivity index (χ4v) is 2.45. The molecule has 0 aliphatic carbocycles. The van der Waals surface area contributed by atoms with E-state index in [0.717, 1.165) is 0 Å². The number of ether oxygens (including phenoxy) is 3. The van der Waals surface area contributed by atoms with E-state index in [4.69, 9.17) is 14.2 Å². The number of methoxy groups -OCH3 is 1. The second-order valence-electron chi connectivity index (χ2n) is 6.20. The van der Waals surface area contributed by atoms with Gasteiger partial charge in [0.15, 0.2) is 6.29 Å². The van der Waals surface area contributed by atoms with E-state index in [9.17, 15) is 24.9 Å². The molecule has 1 saturated heterocycles. The smallest absolute Gasteiger partial charge is 0.220 e. The summed E-state index contributed by atoms with van der Waals surface area (Å²) in [6.45, 7) is 1.55. The molecule has 0 aromatic heterocycles. The third-order valence-corrected chi connectivity index (χ3v) is 3.80. The van der Waals surface area contributed by atoms with E-state index in [1.807, 2.05) is 0 Å². The Hall–Kier alpha value is -1.10. The Bertz CT molecular complexity index is 419. The molecular weight excluding hydrogens is 334 g/mol. The van der Waals surface area contributed by atoms with Gasteiger partial charge >= 0.3 is 0 Å². The SMILES string of the molecule is COCC(O)COC1CC(O)C(O)C(CNC(=O)CCCC(C)=O)O1. The van der Waals surface area contributed by atoms with Gasteiger partial charge in [-0.3, -0.25) is 4.79 Å². The van der Waals surface area contributed by atoms with Gasteiger partial charge in [-0.25, -0.2) is 0 Å². The van der Waals surface area contributed by atoms with Crippen LogP contribution in [0.25, 0.3) is 0 Å². The van der Waals surface area contributed by atoms with Crippen molar-refractivity contribution >= 4 is 11.7 Å². The van der Waals surface area contributed by atoms with Gasteiger partial charge in [-0.2, -0.15) is 0 Å². The molecule has 9 nitrogen and oxygen atoms in total. The van der Waals surface area contributed by atoms with Crippen LogP contribution in [0.2, 0.25) is 0 Å². The minimum Gasteiger partial charge on any atom is -0.390 e. The lowest BCUT2D eigenvalue weighted by Crippen LogP contribution is -2.53. The van der Waals surface area contributed by atoms with Crippen LogP contribution in [0.3, 0.4) is 0 Å². The van der Waals surface area contributed by atoms with E-state index < -0.39 is 30.7 Å². The number of hydrogen-bond donors (Lipinski definition) is 4. The Labute approximate surface area is 147 Å². The normalized spacial score (nSPS) is 27.7. The molecule has 1 aliphatic rings. The number of carbonyl (C=O) groups is 2. The van der Waals surface area contributed by atoms with Crippen molar-refractivity contribution in [2.45, 2.75) is 63.3 Å². The summed E-state index contributed by atoms with van der Waals surface area (Å²) in [5, 5.41) is 32.1. The van der Waals surface area contributed by atoms with Gasteiger partial charge in [0, 0.05) is 32.9 Å². The highest BCUT2D eigenvalue weighted by Gasteiger charge is 2.37. The van der Waals surface area contributed by atoms with Crippen molar-refractivity contribution < 1.29 is 39.1 Å². The van der Waals surface area contributed by atoms with Crippen LogP contribution >= 0.6 is 0 Å². The summed E-state index contributed by atoms with van der Waals surface area (Å²) >= 11 is 0. The molecule has 1 amide bonds. The van der Waals surface area contributed by atoms with Crippen molar-refractivity contribution in [1.82, 2.24) is 5.32 Å². The van der Waals surface area contributed by atoms with Crippen molar-refractivity contribution in [3.63, 3.8) is 0 Å². The molecule has 1 rings (SSSR count). The molecule has 25 heavy (non-hydrogen) atoms. The highest BCUT2D eigenvalue weighted by molar-refractivity contribution is 5.78. The Balaban J connectivity index is 2.37. The van der Waals surface area contributed by atoms with Gasteiger partial charge in [0.1, 0.15) is 24.1 Å². The summed E-state index contributed by atoms with van der Waals surface area (Å²) in [5.74, 6) is -0.234. The lowest BCUT2D eigenvalue weighted by Gasteiger charge is -2.37. The molecule has 1 fully saturated rings. The van der Waals surface area contributed by atoms with Gasteiger partial charge in [-0.05, 0) is 13.3 Å². The molecule has 0 bridgehead atoms. The maximum absolute atomic E-state index is 11.7. The first-order valence-corrected chi connectivity index (χ1v) is 8.39. The van der Waals surface area contributed by atoms with Crippen LogP contribution in [-0.4, -0.2) is 84.6 Å². The highest BCUT2D eigenvalue weighted by Crippen LogP contribution is 2.21. The van der Waals surface area contributed by atoms with Crippen molar-refractivity contribution in [2.75, 3.05) is 26.9 Å². The van der Waals surface area contributed by atoms with Crippen LogP contribution in [0.15, 0.2) is 0 Å². The van der Waals surface area contributed by atoms with Crippen molar-refractivity contribution in [2.24, 2.45) is 0 Å². The summed E-state index contributed by atoms with van der Waals surface area (Å²) in [7, 11) is 1.45. The predicted molar refractivity (Wildman–Crippen MR) is 86.7 cm³/mol. The van der Waals surface area contributed by atoms with Gasteiger partial charge in [0.05, 0.1) is 19.3 Å². The fourth-order valence-electron chi connectivity index (χ4n) is 2.45. The zero-order valence-corrected chi connectivity index (χ0v) is 14.7. The molecule has 0 aromatic carbocycles. The number of ketones is 1. The van der Waals surface area contributed by atoms with E-state index >= 15 is 0 Å². The number of aliphatic hydroxyl groups excluding tert-OH is 3. The van der Waals surface area contributed by atoms with Crippen LogP contribution in [0.1, 0.15) is 32.6 Å². The Morgan fingerprint density at radius 3 is 2.64 bits per heavy atom. The molecular formula is C16H29NO8. The Morgan fingerprint density at radius 2 is 2.00 bits per heavy atom. The predicted octanol–water partition coefficient (Wildman–Crippen LogP) is -1.28. The van der Waals surface area contributed by atoms with Crippen LogP contribution < -0.4 is 5.32 Å². The zero-order chi connectivity index (χ0) is 18.8. The van der Waals surface area contributed by atoms with Crippen LogP contribution in [-0.2, 0) is 23.8 Å². The van der Waals surface area contributed by atoms with E-state index in [1.54, 1.807) is 0 Å². The van der Waals surface area contributed by atoms with Crippen LogP contribution in [0.5, 0.6) is 0 Å². The second-order valence-corrected chi connectivity index (χ2v) is 6.20. The average molecular weight is 363 g/mol. The zero-order valence-electron chi connectivity index (χ0n) is 14.7. The largest absolute Gasteiger partial charge is 0.390 e. The van der Waals surface area contributed by atoms with Crippen molar-refractivity contribution in [1.29, 1.82) is 0 Å². The summed E-state index contributed by atoms with van der Waals surface area (Å²) in [6.07, 6.45) is -3.60. The lowest BCUT2D eigenvalue weighted by molar-refractivity contribution is -0.254. The van der Waals surface area contributed by atoms with E-state index in [1.165, 1.54) is 14.0 Å². The number of rotatable bonds is 11. The molecule has 0 saturated carbocycles. The van der Waals surface area contributed by atoms with Gasteiger partial charge in [-0.1, -0.05) is 0 Å². The van der Waals surface area contributed by atoms with Gasteiger partial charge in [0.25, 0.3) is 0 Å². The number of amides is 1. The second kappa shape index (κ2) is 11.5. The molecule has 1 aliphatic heterocycles. The highest BCUT2D eigenvalue weighted by atomic mass is 16.7. The van der Waals surface area contributed by atoms with Crippen molar-refractivity contribution in [3.8, 4) is 0 Å². The minimum atomic E-state index is -1.15. The van der Waals surface area contributed by atoms with Gasteiger partial charge < -0.3 is 39.6 Å². The Morgan fingerprint density at radius 1 is 1.28 bits per heavy atom. The minimum absolute atomic E-state index is 0.0115. The Kier molecular flexibility index (Phi) is 10.1. The number of aliphatic hydroxyl groups is 3. The maximum atomic E-state index is 11.7. The van der Waals surface area contributed by atoms with Crippen LogP contribution in [0, 0.1) is 0 Å². The molecule has 1 heterocycles. The summed E-state index contributed by atoms with van der Waals surface area (Å²) in [4.78, 5) is 22.6. The summed E-state index contributed by atoms with van der Waals surface area (Å²) in [6, 6.07) is 0. The molecule has 0 aromatic rings. The molecule has 146 valence electrons. The number of nitrogens with one attached hydrogen (secondary N) is 1. The van der Waals surface area contributed by atoms with Crippen molar-refractivity contribution in [3.05, 3.63) is 0 Å². The lowest BCUT2D eigenvalue weighted by atomic mass is 10.0. The number of Topliss-reactive ketones (excluding diaryl/α,β-unsaturated/α-hetero) is 1. The molecule has 5 unspecified atom stereocenters. The van der Waals surface area contributed by atoms with Crippen LogP contribution in [0.4, 0.5) is 0 Å². The van der Waals surface area contributed by atoms with Gasteiger partial charge in [-0.15, -0.1) is 0 Å². The first kappa shape index (κ1) is 21.9. The third kappa shape index (κ3) is 8.70. The van der Waals surface area contributed by atoms with E-state index in [2.05, 4.69) is 5.32 Å². The molecule has 5 atom stereocenters. The van der Waals surface area contributed by atoms with E-state index in [0.29, 0.717) is 12.8 Å². The first-order valence-electron chi connectivity index (χ1n) is 8.39. The topological polar surface area (TPSA) is 135 Å². The molecule has 9 heteroatoms. The molecule has 0 spiro atoms. The monoisotopic (exact) mass is 363 g/mol. The quantitative estimate of drug-likeness (QED) is 0.357. The standard InChI is InChI=1S/C16H29NO8/c1-10(18)4-3-5-14(21)17-7-13-16(22)12(20)6-15(25-13)24-9-11(19)8-23-2/h11-13,15-16,19-20,22H,3-9H2,1-2H3,(H,17,21). The van der Waals surface area contributed by atoms with Gasteiger partial charge in [0.2, 0.25) is 5.91 Å². The first-order chi connectivity index (χ1) is 11.8. The maximum Gasteiger partial charge on any atom is 0.220 e. The fraction of sp³-hybridized carbons (Fsp3) is 0.875. The number of hydrogen-bond acceptors (Lipinski definition) is 8.